The van der Waals surface area contributed by atoms with Gasteiger partial charge in [-0.3, -0.25) is 9.59 Å². The average molecular weight is 307 g/mol. The summed E-state index contributed by atoms with van der Waals surface area (Å²) in [5, 5.41) is 0. The highest BCUT2D eigenvalue weighted by molar-refractivity contribution is 6.08. The zero-order valence-electron chi connectivity index (χ0n) is 15.2. The van der Waals surface area contributed by atoms with Gasteiger partial charge in [-0.15, -0.1) is 0 Å². The van der Waals surface area contributed by atoms with Crippen molar-refractivity contribution in [3.05, 3.63) is 23.8 Å². The summed E-state index contributed by atoms with van der Waals surface area (Å²) in [5.41, 5.74) is 0.956. The van der Waals surface area contributed by atoms with E-state index in [2.05, 4.69) is 34.3 Å². The van der Waals surface area contributed by atoms with Crippen LogP contribution < -0.4 is 0 Å². The maximum Gasteiger partial charge on any atom is 0.249 e. The molecule has 0 aliphatic heterocycles. The van der Waals surface area contributed by atoms with Crippen LogP contribution in [-0.4, -0.2) is 29.7 Å². The number of nitrogens with zero attached hydrogens (tertiary/aromatic N) is 1. The van der Waals surface area contributed by atoms with E-state index in [1.54, 1.807) is 13.8 Å². The van der Waals surface area contributed by atoms with Crippen LogP contribution in [0, 0.1) is 11.8 Å². The largest absolute Gasteiger partial charge is 0.339 e. The Morgan fingerprint density at radius 3 is 2.09 bits per heavy atom. The van der Waals surface area contributed by atoms with E-state index in [1.807, 2.05) is 4.90 Å². The normalized spacial score (nSPS) is 11.9. The van der Waals surface area contributed by atoms with Crippen LogP contribution in [0.2, 0.25) is 0 Å². The molecule has 0 aliphatic carbocycles. The number of amides is 1. The molecule has 0 unspecified atom stereocenters. The zero-order valence-corrected chi connectivity index (χ0v) is 15.2. The van der Waals surface area contributed by atoms with Gasteiger partial charge in [-0.25, -0.2) is 0 Å². The highest BCUT2D eigenvalue weighted by atomic mass is 16.2. The van der Waals surface area contributed by atoms with E-state index in [1.165, 1.54) is 12.5 Å². The zero-order chi connectivity index (χ0) is 17.3. The van der Waals surface area contributed by atoms with Crippen molar-refractivity contribution in [2.45, 2.75) is 60.8 Å². The van der Waals surface area contributed by atoms with E-state index in [0.717, 1.165) is 25.9 Å². The van der Waals surface area contributed by atoms with Gasteiger partial charge in [0.05, 0.1) is 0 Å². The van der Waals surface area contributed by atoms with Crippen molar-refractivity contribution >= 4 is 11.7 Å². The molecular formula is C19H33NO2. The monoisotopic (exact) mass is 307 g/mol. The first kappa shape index (κ1) is 20.6. The second-order valence-corrected chi connectivity index (χ2v) is 7.01. The number of carbonyl (C=O) groups excluding carboxylic acids is 2. The summed E-state index contributed by atoms with van der Waals surface area (Å²) in [6, 6.07) is 0. The molecule has 0 bridgehead atoms. The summed E-state index contributed by atoms with van der Waals surface area (Å²) >= 11 is 0. The molecule has 22 heavy (non-hydrogen) atoms. The highest BCUT2D eigenvalue weighted by Gasteiger charge is 2.17. The van der Waals surface area contributed by atoms with Gasteiger partial charge >= 0.3 is 0 Å². The number of hydrogen-bond acceptors (Lipinski definition) is 2. The summed E-state index contributed by atoms with van der Waals surface area (Å²) in [6.45, 7) is 17.1. The molecule has 126 valence electrons. The Morgan fingerprint density at radius 2 is 1.64 bits per heavy atom. The Balaban J connectivity index is 4.75. The van der Waals surface area contributed by atoms with Gasteiger partial charge in [-0.1, -0.05) is 47.1 Å². The molecule has 0 saturated heterocycles. The number of carbonyl (C=O) groups is 2. The SMILES string of the molecule is C=C(C)C(=O)/C=C(\C)C(=O)N(CCCCC(C)C)CC(C)C. The molecule has 0 radical (unpaired) electrons. The van der Waals surface area contributed by atoms with Crippen LogP contribution in [0.25, 0.3) is 0 Å². The third kappa shape index (κ3) is 8.81. The van der Waals surface area contributed by atoms with E-state index < -0.39 is 0 Å². The predicted molar refractivity (Wildman–Crippen MR) is 93.7 cm³/mol. The van der Waals surface area contributed by atoms with Crippen LogP contribution in [-0.2, 0) is 9.59 Å². The minimum Gasteiger partial charge on any atom is -0.339 e. The number of allylic oxidation sites excluding steroid dienone is 2. The topological polar surface area (TPSA) is 37.4 Å². The lowest BCUT2D eigenvalue weighted by Crippen LogP contribution is -2.35. The molecule has 3 nitrogen and oxygen atoms in total. The Bertz CT molecular complexity index is 419. The standard InChI is InChI=1S/C19H33NO2/c1-14(2)10-8-9-11-20(13-15(3)4)19(22)17(7)12-18(21)16(5)6/h12,14-15H,5,8-11,13H2,1-4,6-7H3/b17-12+. The number of ketones is 1. The third-order valence-electron chi connectivity index (χ3n) is 3.44. The lowest BCUT2D eigenvalue weighted by molar-refractivity contribution is -0.128. The van der Waals surface area contributed by atoms with E-state index >= 15 is 0 Å². The van der Waals surface area contributed by atoms with Gasteiger partial charge in [0.25, 0.3) is 0 Å². The van der Waals surface area contributed by atoms with Crippen molar-refractivity contribution in [1.82, 2.24) is 4.90 Å². The molecule has 0 heterocycles. The van der Waals surface area contributed by atoms with Gasteiger partial charge in [0.15, 0.2) is 5.78 Å². The third-order valence-corrected chi connectivity index (χ3v) is 3.44. The van der Waals surface area contributed by atoms with Crippen LogP contribution in [0.5, 0.6) is 0 Å². The van der Waals surface area contributed by atoms with Gasteiger partial charge in [-0.05, 0) is 43.8 Å². The van der Waals surface area contributed by atoms with Crippen LogP contribution in [0.3, 0.4) is 0 Å². The minimum absolute atomic E-state index is 0.0344. The van der Waals surface area contributed by atoms with Crippen LogP contribution >= 0.6 is 0 Å². The van der Waals surface area contributed by atoms with Crippen molar-refractivity contribution in [3.63, 3.8) is 0 Å². The van der Waals surface area contributed by atoms with E-state index in [9.17, 15) is 9.59 Å². The maximum atomic E-state index is 12.5. The van der Waals surface area contributed by atoms with Crippen molar-refractivity contribution in [2.75, 3.05) is 13.1 Å². The van der Waals surface area contributed by atoms with Gasteiger partial charge in [0, 0.05) is 18.7 Å². The molecule has 3 heteroatoms. The number of rotatable bonds is 10. The quantitative estimate of drug-likeness (QED) is 0.443. The fraction of sp³-hybridized carbons (Fsp3) is 0.684. The second kappa shape index (κ2) is 10.4. The fourth-order valence-corrected chi connectivity index (χ4v) is 2.20. The van der Waals surface area contributed by atoms with E-state index in [4.69, 9.17) is 0 Å². The first-order valence-electron chi connectivity index (χ1n) is 8.32. The summed E-state index contributed by atoms with van der Waals surface area (Å²) in [7, 11) is 0. The van der Waals surface area contributed by atoms with Gasteiger partial charge in [0.1, 0.15) is 0 Å². The van der Waals surface area contributed by atoms with Crippen molar-refractivity contribution < 1.29 is 9.59 Å². The van der Waals surface area contributed by atoms with Crippen molar-refractivity contribution in [3.8, 4) is 0 Å². The summed E-state index contributed by atoms with van der Waals surface area (Å²) in [6.07, 6.45) is 4.74. The molecule has 0 spiro atoms. The molecule has 1 amide bonds. The second-order valence-electron chi connectivity index (χ2n) is 7.01. The number of hydrogen-bond donors (Lipinski definition) is 0. The van der Waals surface area contributed by atoms with E-state index in [-0.39, 0.29) is 11.7 Å². The number of unbranched alkanes of at least 4 members (excludes halogenated alkanes) is 1. The lowest BCUT2D eigenvalue weighted by atomic mass is 10.1. The maximum absolute atomic E-state index is 12.5. The predicted octanol–water partition coefficient (Wildman–Crippen LogP) is 4.39. The molecule has 0 aliphatic rings. The highest BCUT2D eigenvalue weighted by Crippen LogP contribution is 2.11. The summed E-state index contributed by atoms with van der Waals surface area (Å²) in [5.74, 6) is 0.908. The van der Waals surface area contributed by atoms with Crippen molar-refractivity contribution in [1.29, 1.82) is 0 Å². The molecule has 0 saturated carbocycles. The Kier molecular flexibility index (Phi) is 9.71. The first-order chi connectivity index (χ1) is 10.1. The Morgan fingerprint density at radius 1 is 1.05 bits per heavy atom. The molecule has 0 atom stereocenters. The average Bonchev–Trinajstić information content (AvgIpc) is 2.40. The molecule has 0 aromatic carbocycles. The Hall–Kier alpha value is -1.38. The van der Waals surface area contributed by atoms with Crippen LogP contribution in [0.4, 0.5) is 0 Å². The molecule has 0 rings (SSSR count). The molecule has 0 N–H and O–H groups in total. The fourth-order valence-electron chi connectivity index (χ4n) is 2.20. The minimum atomic E-state index is -0.171. The molecule has 0 aromatic rings. The van der Waals surface area contributed by atoms with Gasteiger partial charge in [-0.2, -0.15) is 0 Å². The summed E-state index contributed by atoms with van der Waals surface area (Å²) in [4.78, 5) is 26.1. The Labute approximate surface area is 136 Å². The van der Waals surface area contributed by atoms with Crippen molar-refractivity contribution in [2.24, 2.45) is 11.8 Å². The molecule has 0 aromatic heterocycles. The first-order valence-corrected chi connectivity index (χ1v) is 8.32. The van der Waals surface area contributed by atoms with Crippen LogP contribution in [0.1, 0.15) is 60.8 Å². The molecular weight excluding hydrogens is 274 g/mol. The van der Waals surface area contributed by atoms with Gasteiger partial charge < -0.3 is 4.90 Å². The lowest BCUT2D eigenvalue weighted by Gasteiger charge is -2.25. The smallest absolute Gasteiger partial charge is 0.249 e. The van der Waals surface area contributed by atoms with E-state index in [0.29, 0.717) is 23.0 Å². The van der Waals surface area contributed by atoms with Crippen LogP contribution in [0.15, 0.2) is 23.8 Å². The summed E-state index contributed by atoms with van der Waals surface area (Å²) < 4.78 is 0. The molecule has 0 fully saturated rings. The van der Waals surface area contributed by atoms with Gasteiger partial charge in [0.2, 0.25) is 5.91 Å².